The number of carbonyl (C=O) groups excluding carboxylic acids is 1. The van der Waals surface area contributed by atoms with Crippen molar-refractivity contribution in [2.45, 2.75) is 69.1 Å². The first-order chi connectivity index (χ1) is 20.7. The van der Waals surface area contributed by atoms with Crippen molar-refractivity contribution in [3.8, 4) is 11.5 Å². The SMILES string of the molecule is CNC(C(=O)N1CC(F)CC1Cc1c(-c2nc3cc(F)ccc3n2CC2CC(F)CN2C)[nH]c2cc(F)ccc12)C1CC1. The normalized spacial score (nSPS) is 25.4. The van der Waals surface area contributed by atoms with Crippen LogP contribution < -0.4 is 5.32 Å². The second kappa shape index (κ2) is 10.9. The molecule has 1 aliphatic carbocycles. The highest BCUT2D eigenvalue weighted by molar-refractivity contribution is 5.92. The third kappa shape index (κ3) is 5.20. The molecule has 0 radical (unpaired) electrons. The Morgan fingerprint density at radius 3 is 2.49 bits per heavy atom. The molecule has 2 aliphatic heterocycles. The lowest BCUT2D eigenvalue weighted by Crippen LogP contribution is -2.49. The van der Waals surface area contributed by atoms with E-state index in [4.69, 9.17) is 4.98 Å². The smallest absolute Gasteiger partial charge is 0.240 e. The van der Waals surface area contributed by atoms with E-state index in [0.29, 0.717) is 54.0 Å². The summed E-state index contributed by atoms with van der Waals surface area (Å²) in [6.07, 6.45) is 0.775. The van der Waals surface area contributed by atoms with Crippen molar-refractivity contribution in [1.29, 1.82) is 0 Å². The monoisotopic (exact) mass is 596 g/mol. The Hall–Kier alpha value is -3.44. The minimum atomic E-state index is -1.14. The molecule has 3 aliphatic rings. The average Bonchev–Trinajstić information content (AvgIpc) is 3.35. The van der Waals surface area contributed by atoms with E-state index < -0.39 is 30.0 Å². The quantitative estimate of drug-likeness (QED) is 0.282. The van der Waals surface area contributed by atoms with Crippen LogP contribution in [0.25, 0.3) is 33.5 Å². The van der Waals surface area contributed by atoms with Gasteiger partial charge in [0.25, 0.3) is 0 Å². The van der Waals surface area contributed by atoms with Gasteiger partial charge in [-0.3, -0.25) is 9.69 Å². The number of likely N-dealkylation sites (tertiary alicyclic amines) is 2. The van der Waals surface area contributed by atoms with Crippen molar-refractivity contribution < 1.29 is 22.4 Å². The van der Waals surface area contributed by atoms with Gasteiger partial charge in [-0.2, -0.15) is 0 Å². The first-order valence-corrected chi connectivity index (χ1v) is 15.1. The minimum Gasteiger partial charge on any atom is -0.352 e. The van der Waals surface area contributed by atoms with Crippen molar-refractivity contribution >= 4 is 27.8 Å². The molecule has 2 aromatic heterocycles. The number of amides is 1. The van der Waals surface area contributed by atoms with E-state index in [1.54, 1.807) is 24.1 Å². The fourth-order valence-electron chi connectivity index (χ4n) is 7.27. The van der Waals surface area contributed by atoms with E-state index >= 15 is 0 Å². The van der Waals surface area contributed by atoms with Gasteiger partial charge in [-0.1, -0.05) is 0 Å². The third-order valence-electron chi connectivity index (χ3n) is 9.59. The molecule has 2 saturated heterocycles. The van der Waals surface area contributed by atoms with E-state index in [-0.39, 0.29) is 36.9 Å². The second-order valence-corrected chi connectivity index (χ2v) is 12.6. The Bertz CT molecular complexity index is 1680. The summed E-state index contributed by atoms with van der Waals surface area (Å²) in [7, 11) is 3.66. The number of rotatable bonds is 8. The number of fused-ring (bicyclic) bond motifs is 2. The molecule has 228 valence electrons. The Kier molecular flexibility index (Phi) is 7.20. The molecule has 0 spiro atoms. The number of alkyl halides is 2. The summed E-state index contributed by atoms with van der Waals surface area (Å²) in [5.74, 6) is -0.140. The van der Waals surface area contributed by atoms with Crippen LogP contribution in [0.4, 0.5) is 17.6 Å². The second-order valence-electron chi connectivity index (χ2n) is 12.6. The van der Waals surface area contributed by atoms with E-state index in [0.717, 1.165) is 23.8 Å². The molecule has 3 fully saturated rings. The van der Waals surface area contributed by atoms with E-state index in [1.807, 2.05) is 16.5 Å². The lowest BCUT2D eigenvalue weighted by atomic mass is 9.99. The van der Waals surface area contributed by atoms with Gasteiger partial charge in [-0.25, -0.2) is 22.5 Å². The number of nitrogens with one attached hydrogen (secondary N) is 2. The number of hydrogen-bond acceptors (Lipinski definition) is 4. The van der Waals surface area contributed by atoms with Crippen LogP contribution in [-0.2, 0) is 17.8 Å². The fourth-order valence-corrected chi connectivity index (χ4v) is 7.27. The van der Waals surface area contributed by atoms with Crippen LogP contribution in [-0.4, -0.2) is 87.9 Å². The molecule has 1 amide bonds. The van der Waals surface area contributed by atoms with E-state index in [1.165, 1.54) is 24.3 Å². The predicted octanol–water partition coefficient (Wildman–Crippen LogP) is 4.98. The zero-order valence-corrected chi connectivity index (χ0v) is 24.3. The van der Waals surface area contributed by atoms with Gasteiger partial charge in [-0.05, 0) is 81.6 Å². The number of likely N-dealkylation sites (N-methyl/N-ethyl adjacent to an activating group) is 2. The molecule has 4 heterocycles. The standard InChI is InChI=1S/C32H36F4N6O/c1-37-29(17-3-4-17)32(43)41-15-21(36)9-22(41)13-25-24-7-5-18(33)11-26(24)38-30(25)31-39-27-12-19(34)6-8-28(27)42(31)16-23-10-20(35)14-40(23)2/h5-8,11-12,17,20-23,29,37-38H,3-4,9-10,13-16H2,1-2H3. The first-order valence-electron chi connectivity index (χ1n) is 15.1. The molecular formula is C32H36F4N6O. The van der Waals surface area contributed by atoms with Gasteiger partial charge in [-0.15, -0.1) is 0 Å². The van der Waals surface area contributed by atoms with Crippen molar-refractivity contribution in [3.05, 3.63) is 53.6 Å². The molecular weight excluding hydrogens is 560 g/mol. The number of imidazole rings is 1. The summed E-state index contributed by atoms with van der Waals surface area (Å²) in [5.41, 5.74) is 3.10. The Morgan fingerprint density at radius 1 is 1.05 bits per heavy atom. The van der Waals surface area contributed by atoms with Gasteiger partial charge in [0.2, 0.25) is 5.91 Å². The predicted molar refractivity (Wildman–Crippen MR) is 157 cm³/mol. The van der Waals surface area contributed by atoms with Crippen LogP contribution in [0.3, 0.4) is 0 Å². The van der Waals surface area contributed by atoms with Gasteiger partial charge in [0, 0.05) is 48.6 Å². The maximum Gasteiger partial charge on any atom is 0.240 e. The lowest BCUT2D eigenvalue weighted by Gasteiger charge is -2.29. The highest BCUT2D eigenvalue weighted by Gasteiger charge is 2.43. The van der Waals surface area contributed by atoms with Crippen molar-refractivity contribution in [3.63, 3.8) is 0 Å². The van der Waals surface area contributed by atoms with Crippen LogP contribution in [0.1, 0.15) is 31.2 Å². The molecule has 7 rings (SSSR count). The summed E-state index contributed by atoms with van der Waals surface area (Å²) in [6, 6.07) is 8.07. The number of aromatic nitrogens is 3. The van der Waals surface area contributed by atoms with Gasteiger partial charge in [0.05, 0.1) is 29.3 Å². The Labute approximate surface area is 247 Å². The number of H-pyrrole nitrogens is 1. The summed E-state index contributed by atoms with van der Waals surface area (Å²) in [5, 5.41) is 3.89. The van der Waals surface area contributed by atoms with E-state index in [9.17, 15) is 22.4 Å². The van der Waals surface area contributed by atoms with Gasteiger partial charge >= 0.3 is 0 Å². The van der Waals surface area contributed by atoms with Gasteiger partial charge < -0.3 is 19.8 Å². The number of carbonyl (C=O) groups is 1. The molecule has 2 aromatic carbocycles. The molecule has 5 unspecified atom stereocenters. The zero-order chi connectivity index (χ0) is 30.0. The molecule has 4 aromatic rings. The van der Waals surface area contributed by atoms with Crippen LogP contribution in [0, 0.1) is 17.6 Å². The zero-order valence-electron chi connectivity index (χ0n) is 24.3. The molecule has 7 nitrogen and oxygen atoms in total. The Balaban J connectivity index is 1.33. The summed E-state index contributed by atoms with van der Waals surface area (Å²) in [6.45, 7) is 0.795. The Morgan fingerprint density at radius 2 is 1.77 bits per heavy atom. The van der Waals surface area contributed by atoms with E-state index in [2.05, 4.69) is 10.3 Å². The molecule has 11 heteroatoms. The van der Waals surface area contributed by atoms with Crippen molar-refractivity contribution in [2.75, 3.05) is 27.2 Å². The molecule has 5 atom stereocenters. The number of hydrogen-bond donors (Lipinski definition) is 2. The van der Waals surface area contributed by atoms with Gasteiger partial charge in [0.15, 0.2) is 5.82 Å². The first kappa shape index (κ1) is 28.3. The highest BCUT2D eigenvalue weighted by Crippen LogP contribution is 2.38. The third-order valence-corrected chi connectivity index (χ3v) is 9.59. The lowest BCUT2D eigenvalue weighted by molar-refractivity contribution is -0.134. The van der Waals surface area contributed by atoms with Crippen LogP contribution >= 0.6 is 0 Å². The van der Waals surface area contributed by atoms with Crippen LogP contribution in [0.5, 0.6) is 0 Å². The number of benzene rings is 2. The molecule has 43 heavy (non-hydrogen) atoms. The number of halogens is 4. The maximum atomic E-state index is 15.0. The van der Waals surface area contributed by atoms with Crippen molar-refractivity contribution in [1.82, 2.24) is 29.7 Å². The molecule has 0 bridgehead atoms. The van der Waals surface area contributed by atoms with Crippen LogP contribution in [0.2, 0.25) is 0 Å². The molecule has 2 N–H and O–H groups in total. The molecule has 1 saturated carbocycles. The summed E-state index contributed by atoms with van der Waals surface area (Å²) >= 11 is 0. The maximum absolute atomic E-state index is 15.0. The summed E-state index contributed by atoms with van der Waals surface area (Å²) in [4.78, 5) is 25.5. The fraction of sp³-hybridized carbons (Fsp3) is 0.500. The average molecular weight is 597 g/mol. The van der Waals surface area contributed by atoms with Crippen molar-refractivity contribution in [2.24, 2.45) is 5.92 Å². The topological polar surface area (TPSA) is 69.2 Å². The van der Waals surface area contributed by atoms with Gasteiger partial charge in [0.1, 0.15) is 24.0 Å². The highest BCUT2D eigenvalue weighted by atomic mass is 19.1. The largest absolute Gasteiger partial charge is 0.352 e. The minimum absolute atomic E-state index is 0.0386. The number of nitrogens with zero attached hydrogens (tertiary/aromatic N) is 4. The summed E-state index contributed by atoms with van der Waals surface area (Å²) < 4.78 is 60.1. The van der Waals surface area contributed by atoms with Crippen LogP contribution in [0.15, 0.2) is 36.4 Å². The number of aromatic amines is 1.